The third-order valence-corrected chi connectivity index (χ3v) is 3.10. The van der Waals surface area contributed by atoms with Crippen molar-refractivity contribution >= 4 is 29.9 Å². The summed E-state index contributed by atoms with van der Waals surface area (Å²) in [7, 11) is 0. The number of pyridine rings is 1. The topological polar surface area (TPSA) is 58.5 Å². The van der Waals surface area contributed by atoms with E-state index in [2.05, 4.69) is 34.5 Å². The summed E-state index contributed by atoms with van der Waals surface area (Å²) in [5, 5.41) is 6.60. The van der Waals surface area contributed by atoms with Gasteiger partial charge in [-0.2, -0.15) is 0 Å². The van der Waals surface area contributed by atoms with Gasteiger partial charge in [0.15, 0.2) is 5.96 Å². The Bertz CT molecular complexity index is 401. The van der Waals surface area contributed by atoms with Crippen LogP contribution in [0.25, 0.3) is 0 Å². The van der Waals surface area contributed by atoms with E-state index in [1.54, 1.807) is 0 Å². The Morgan fingerprint density at radius 2 is 2.00 bits per heavy atom. The molecule has 0 radical (unpaired) electrons. The van der Waals surface area contributed by atoms with E-state index in [0.717, 1.165) is 63.8 Å². The fourth-order valence-electron chi connectivity index (χ4n) is 1.90. The van der Waals surface area contributed by atoms with Crippen molar-refractivity contribution in [3.05, 3.63) is 30.1 Å². The van der Waals surface area contributed by atoms with Gasteiger partial charge in [-0.05, 0) is 31.9 Å². The van der Waals surface area contributed by atoms with Gasteiger partial charge >= 0.3 is 0 Å². The minimum Gasteiger partial charge on any atom is -0.381 e. The fraction of sp³-hybridized carbons (Fsp3) is 0.647. The molecular formula is C17H31IN4O. The van der Waals surface area contributed by atoms with Crippen molar-refractivity contribution in [3.63, 3.8) is 0 Å². The summed E-state index contributed by atoms with van der Waals surface area (Å²) in [6.07, 6.45) is 6.00. The Morgan fingerprint density at radius 1 is 1.17 bits per heavy atom. The maximum atomic E-state index is 5.54. The van der Waals surface area contributed by atoms with Gasteiger partial charge in [0.25, 0.3) is 0 Å². The summed E-state index contributed by atoms with van der Waals surface area (Å²) in [6.45, 7) is 8.37. The number of hydrogen-bond donors (Lipinski definition) is 2. The molecule has 1 aromatic rings. The Labute approximate surface area is 157 Å². The second-order valence-electron chi connectivity index (χ2n) is 5.08. The zero-order valence-corrected chi connectivity index (χ0v) is 16.7. The van der Waals surface area contributed by atoms with Gasteiger partial charge in [-0.25, -0.2) is 0 Å². The van der Waals surface area contributed by atoms with Crippen LogP contribution in [0.2, 0.25) is 0 Å². The first kappa shape index (κ1) is 22.1. The van der Waals surface area contributed by atoms with Crippen LogP contribution in [0.4, 0.5) is 0 Å². The van der Waals surface area contributed by atoms with E-state index >= 15 is 0 Å². The Hall–Kier alpha value is -0.890. The summed E-state index contributed by atoms with van der Waals surface area (Å²) < 4.78 is 5.54. The van der Waals surface area contributed by atoms with Crippen LogP contribution in [0.1, 0.15) is 38.8 Å². The second-order valence-corrected chi connectivity index (χ2v) is 5.08. The molecule has 0 aliphatic rings. The molecule has 0 aromatic carbocycles. The van der Waals surface area contributed by atoms with Crippen molar-refractivity contribution in [2.75, 3.05) is 32.8 Å². The van der Waals surface area contributed by atoms with Gasteiger partial charge in [0, 0.05) is 51.2 Å². The van der Waals surface area contributed by atoms with Crippen molar-refractivity contribution < 1.29 is 4.74 Å². The van der Waals surface area contributed by atoms with Crippen LogP contribution in [0.3, 0.4) is 0 Å². The number of ether oxygens (including phenoxy) is 1. The lowest BCUT2D eigenvalue weighted by Crippen LogP contribution is -2.38. The molecule has 132 valence electrons. The highest BCUT2D eigenvalue weighted by molar-refractivity contribution is 14.0. The minimum absolute atomic E-state index is 0. The van der Waals surface area contributed by atoms with Crippen molar-refractivity contribution in [1.82, 2.24) is 15.6 Å². The molecule has 1 aromatic heterocycles. The van der Waals surface area contributed by atoms with Crippen LogP contribution < -0.4 is 10.6 Å². The molecule has 23 heavy (non-hydrogen) atoms. The second kappa shape index (κ2) is 16.0. The number of hydrogen-bond acceptors (Lipinski definition) is 3. The summed E-state index contributed by atoms with van der Waals surface area (Å²) in [6, 6.07) is 5.99. The lowest BCUT2D eigenvalue weighted by atomic mass is 10.3. The highest BCUT2D eigenvalue weighted by atomic mass is 127. The molecule has 0 atom stereocenters. The quantitative estimate of drug-likeness (QED) is 0.243. The van der Waals surface area contributed by atoms with Crippen molar-refractivity contribution in [2.45, 2.75) is 39.5 Å². The molecule has 0 bridgehead atoms. The van der Waals surface area contributed by atoms with Gasteiger partial charge in [-0.15, -0.1) is 24.0 Å². The molecule has 0 fully saturated rings. The fourth-order valence-corrected chi connectivity index (χ4v) is 1.90. The average Bonchev–Trinajstić information content (AvgIpc) is 2.55. The number of aromatic nitrogens is 1. The molecule has 0 aliphatic heterocycles. The molecular weight excluding hydrogens is 403 g/mol. The lowest BCUT2D eigenvalue weighted by Gasteiger charge is -2.11. The Morgan fingerprint density at radius 3 is 2.70 bits per heavy atom. The molecule has 0 aliphatic carbocycles. The number of unbranched alkanes of at least 4 members (excludes halogenated alkanes) is 1. The van der Waals surface area contributed by atoms with Gasteiger partial charge in [0.2, 0.25) is 0 Å². The SMILES string of the molecule is CCCCOCCCN=C(NCC)NCCc1ccccn1.I. The average molecular weight is 434 g/mol. The Balaban J connectivity index is 0.00000484. The number of guanidine groups is 1. The molecule has 0 unspecified atom stereocenters. The number of rotatable bonds is 11. The first-order valence-electron chi connectivity index (χ1n) is 8.36. The maximum absolute atomic E-state index is 5.54. The first-order chi connectivity index (χ1) is 10.9. The van der Waals surface area contributed by atoms with Crippen LogP contribution in [-0.4, -0.2) is 43.8 Å². The molecule has 1 heterocycles. The van der Waals surface area contributed by atoms with E-state index < -0.39 is 0 Å². The van der Waals surface area contributed by atoms with E-state index in [0.29, 0.717) is 0 Å². The van der Waals surface area contributed by atoms with Gasteiger partial charge < -0.3 is 15.4 Å². The zero-order valence-electron chi connectivity index (χ0n) is 14.4. The van der Waals surface area contributed by atoms with E-state index in [4.69, 9.17) is 4.74 Å². The molecule has 2 N–H and O–H groups in total. The first-order valence-corrected chi connectivity index (χ1v) is 8.36. The van der Waals surface area contributed by atoms with Gasteiger partial charge in [-0.1, -0.05) is 19.4 Å². The third-order valence-electron chi connectivity index (χ3n) is 3.10. The van der Waals surface area contributed by atoms with Gasteiger partial charge in [0.1, 0.15) is 0 Å². The van der Waals surface area contributed by atoms with E-state index in [-0.39, 0.29) is 24.0 Å². The number of aliphatic imine (C=N–C) groups is 1. The molecule has 5 nitrogen and oxygen atoms in total. The largest absolute Gasteiger partial charge is 0.381 e. The van der Waals surface area contributed by atoms with Gasteiger partial charge in [0.05, 0.1) is 0 Å². The van der Waals surface area contributed by atoms with Crippen LogP contribution in [0, 0.1) is 0 Å². The predicted molar refractivity (Wildman–Crippen MR) is 108 cm³/mol. The minimum atomic E-state index is 0. The van der Waals surface area contributed by atoms with E-state index in [1.165, 1.54) is 6.42 Å². The standard InChI is InChI=1S/C17H30N4O.HI/c1-3-5-14-22-15-8-12-20-17(18-4-2)21-13-10-16-9-6-7-11-19-16;/h6-7,9,11H,3-5,8,10,12-15H2,1-2H3,(H2,18,20,21);1H. The Kier molecular flexibility index (Phi) is 15.4. The number of nitrogens with one attached hydrogen (secondary N) is 2. The van der Waals surface area contributed by atoms with Crippen molar-refractivity contribution in [1.29, 1.82) is 0 Å². The normalized spacial score (nSPS) is 11.0. The number of nitrogens with zero attached hydrogens (tertiary/aromatic N) is 2. The highest BCUT2D eigenvalue weighted by Gasteiger charge is 1.98. The van der Waals surface area contributed by atoms with Crippen LogP contribution in [0.5, 0.6) is 0 Å². The number of halogens is 1. The van der Waals surface area contributed by atoms with Crippen molar-refractivity contribution in [3.8, 4) is 0 Å². The van der Waals surface area contributed by atoms with Crippen molar-refractivity contribution in [2.24, 2.45) is 4.99 Å². The smallest absolute Gasteiger partial charge is 0.191 e. The summed E-state index contributed by atoms with van der Waals surface area (Å²) in [5.74, 6) is 0.868. The highest BCUT2D eigenvalue weighted by Crippen LogP contribution is 1.93. The summed E-state index contributed by atoms with van der Waals surface area (Å²) in [4.78, 5) is 8.87. The molecule has 0 saturated carbocycles. The molecule has 0 amide bonds. The maximum Gasteiger partial charge on any atom is 0.191 e. The third kappa shape index (κ3) is 12.2. The monoisotopic (exact) mass is 434 g/mol. The van der Waals surface area contributed by atoms with Crippen LogP contribution in [-0.2, 0) is 11.2 Å². The lowest BCUT2D eigenvalue weighted by molar-refractivity contribution is 0.130. The van der Waals surface area contributed by atoms with E-state index in [1.807, 2.05) is 24.4 Å². The van der Waals surface area contributed by atoms with Gasteiger partial charge in [-0.3, -0.25) is 9.98 Å². The molecule has 0 saturated heterocycles. The van der Waals surface area contributed by atoms with E-state index in [9.17, 15) is 0 Å². The zero-order chi connectivity index (χ0) is 15.9. The molecule has 6 heteroatoms. The van der Waals surface area contributed by atoms with Crippen LogP contribution in [0.15, 0.2) is 29.4 Å². The van der Waals surface area contributed by atoms with Crippen LogP contribution >= 0.6 is 24.0 Å². The summed E-state index contributed by atoms with van der Waals surface area (Å²) >= 11 is 0. The summed E-state index contributed by atoms with van der Waals surface area (Å²) in [5.41, 5.74) is 1.09. The molecule has 1 rings (SSSR count). The molecule has 0 spiro atoms. The predicted octanol–water partition coefficient (Wildman–Crippen LogP) is 3.00.